The number of carbonyl (C=O) groups is 1. The highest BCUT2D eigenvalue weighted by Crippen LogP contribution is 2.31. The molecular formula is C14H11N3O2S. The number of nitrogens with zero attached hydrogens (tertiary/aromatic N) is 2. The number of hydrogen-bond donors (Lipinski definition) is 2. The van der Waals surface area contributed by atoms with Gasteiger partial charge >= 0.3 is 5.97 Å². The number of aliphatic carboxylic acids is 1. The summed E-state index contributed by atoms with van der Waals surface area (Å²) in [5.41, 5.74) is 0.816. The lowest BCUT2D eigenvalue weighted by molar-refractivity contribution is -0.134. The van der Waals surface area contributed by atoms with Gasteiger partial charge in [-0.05, 0) is 11.4 Å². The van der Waals surface area contributed by atoms with Gasteiger partial charge in [0.15, 0.2) is 5.82 Å². The number of aromatic nitrogens is 2. The zero-order chi connectivity index (χ0) is 13.9. The molecule has 0 aliphatic rings. The molecular weight excluding hydrogens is 274 g/mol. The Hall–Kier alpha value is -2.47. The van der Waals surface area contributed by atoms with Crippen LogP contribution in [0.4, 0.5) is 5.82 Å². The molecule has 5 nitrogen and oxygen atoms in total. The first-order chi connectivity index (χ1) is 9.75. The number of rotatable bonds is 4. The number of nitrogens with one attached hydrogen (secondary N) is 1. The van der Waals surface area contributed by atoms with Gasteiger partial charge in [0.2, 0.25) is 0 Å². The number of fused-ring (bicyclic) bond motifs is 1. The summed E-state index contributed by atoms with van der Waals surface area (Å²) in [7, 11) is 0. The molecule has 20 heavy (non-hydrogen) atoms. The number of carboxylic acid groups (broad SMARTS) is 1. The molecule has 0 aliphatic heterocycles. The van der Waals surface area contributed by atoms with E-state index in [1.165, 1.54) is 0 Å². The van der Waals surface area contributed by atoms with Crippen LogP contribution in [-0.2, 0) is 4.79 Å². The summed E-state index contributed by atoms with van der Waals surface area (Å²) < 4.78 is 0. The van der Waals surface area contributed by atoms with Crippen molar-refractivity contribution >= 4 is 33.9 Å². The average molecular weight is 285 g/mol. The van der Waals surface area contributed by atoms with Crippen LogP contribution in [0.5, 0.6) is 0 Å². The van der Waals surface area contributed by atoms with Crippen molar-refractivity contribution in [3.63, 3.8) is 0 Å². The van der Waals surface area contributed by atoms with E-state index in [9.17, 15) is 4.79 Å². The van der Waals surface area contributed by atoms with E-state index in [4.69, 9.17) is 5.11 Å². The second-order valence-corrected chi connectivity index (χ2v) is 5.12. The molecule has 0 fully saturated rings. The molecule has 0 saturated carbocycles. The van der Waals surface area contributed by atoms with Crippen LogP contribution in [0.2, 0.25) is 0 Å². The monoisotopic (exact) mass is 285 g/mol. The van der Waals surface area contributed by atoms with Crippen molar-refractivity contribution in [2.75, 3.05) is 11.9 Å². The Morgan fingerprint density at radius 3 is 2.65 bits per heavy atom. The highest BCUT2D eigenvalue weighted by atomic mass is 32.1. The van der Waals surface area contributed by atoms with E-state index in [1.807, 2.05) is 41.8 Å². The summed E-state index contributed by atoms with van der Waals surface area (Å²) in [6.07, 6.45) is 0. The Morgan fingerprint density at radius 2 is 1.95 bits per heavy atom. The van der Waals surface area contributed by atoms with Gasteiger partial charge in [0.25, 0.3) is 0 Å². The lowest BCUT2D eigenvalue weighted by Crippen LogP contribution is -2.14. The number of anilines is 1. The summed E-state index contributed by atoms with van der Waals surface area (Å²) in [5.74, 6) is -0.443. The van der Waals surface area contributed by atoms with Crippen LogP contribution < -0.4 is 5.32 Å². The minimum Gasteiger partial charge on any atom is -0.480 e. The number of carboxylic acids is 1. The van der Waals surface area contributed by atoms with Gasteiger partial charge in [-0.2, -0.15) is 0 Å². The maximum absolute atomic E-state index is 10.7. The van der Waals surface area contributed by atoms with Crippen LogP contribution in [0.25, 0.3) is 21.3 Å². The molecule has 0 spiro atoms. The summed E-state index contributed by atoms with van der Waals surface area (Å²) >= 11 is 1.60. The summed E-state index contributed by atoms with van der Waals surface area (Å²) in [4.78, 5) is 11.7. The zero-order valence-electron chi connectivity index (χ0n) is 10.4. The maximum atomic E-state index is 10.7. The highest BCUT2D eigenvalue weighted by Gasteiger charge is 2.11. The van der Waals surface area contributed by atoms with E-state index in [0.29, 0.717) is 5.82 Å². The van der Waals surface area contributed by atoms with E-state index >= 15 is 0 Å². The standard InChI is InChI=1S/C14H11N3O2S/c18-12(19)8-15-14-10-5-2-1-4-9(10)13(16-17-14)11-6-3-7-20-11/h1-7H,8H2,(H,15,17)(H,18,19). The van der Waals surface area contributed by atoms with Crippen molar-refractivity contribution in [1.82, 2.24) is 10.2 Å². The van der Waals surface area contributed by atoms with Gasteiger partial charge in [-0.3, -0.25) is 4.79 Å². The molecule has 0 unspecified atom stereocenters. The molecule has 3 rings (SSSR count). The van der Waals surface area contributed by atoms with Crippen molar-refractivity contribution in [2.24, 2.45) is 0 Å². The fourth-order valence-electron chi connectivity index (χ4n) is 1.99. The fraction of sp³-hybridized carbons (Fsp3) is 0.0714. The third-order valence-corrected chi connectivity index (χ3v) is 3.73. The van der Waals surface area contributed by atoms with E-state index < -0.39 is 5.97 Å². The Balaban J connectivity index is 2.12. The smallest absolute Gasteiger partial charge is 0.322 e. The first-order valence-electron chi connectivity index (χ1n) is 6.00. The van der Waals surface area contributed by atoms with Crippen molar-refractivity contribution in [1.29, 1.82) is 0 Å². The molecule has 0 radical (unpaired) electrons. The third kappa shape index (κ3) is 2.33. The van der Waals surface area contributed by atoms with E-state index in [0.717, 1.165) is 21.3 Å². The lowest BCUT2D eigenvalue weighted by atomic mass is 10.1. The Labute approximate surface area is 118 Å². The second-order valence-electron chi connectivity index (χ2n) is 4.17. The highest BCUT2D eigenvalue weighted by molar-refractivity contribution is 7.13. The van der Waals surface area contributed by atoms with Crippen molar-refractivity contribution < 1.29 is 9.90 Å². The van der Waals surface area contributed by atoms with Gasteiger partial charge in [-0.15, -0.1) is 21.5 Å². The molecule has 3 aromatic rings. The SMILES string of the molecule is O=C(O)CNc1nnc(-c2cccs2)c2ccccc12. The van der Waals surface area contributed by atoms with Crippen LogP contribution in [-0.4, -0.2) is 27.8 Å². The molecule has 2 heterocycles. The van der Waals surface area contributed by atoms with Crippen molar-refractivity contribution in [2.45, 2.75) is 0 Å². The van der Waals surface area contributed by atoms with Gasteiger partial charge in [0.1, 0.15) is 12.2 Å². The minimum absolute atomic E-state index is 0.184. The quantitative estimate of drug-likeness (QED) is 0.771. The number of hydrogen-bond acceptors (Lipinski definition) is 5. The van der Waals surface area contributed by atoms with E-state index in [2.05, 4.69) is 15.5 Å². The van der Waals surface area contributed by atoms with Crippen LogP contribution >= 0.6 is 11.3 Å². The summed E-state index contributed by atoms with van der Waals surface area (Å²) in [6, 6.07) is 11.7. The Bertz CT molecular complexity index is 756. The van der Waals surface area contributed by atoms with Gasteiger partial charge in [-0.1, -0.05) is 30.3 Å². The van der Waals surface area contributed by atoms with Crippen LogP contribution in [0.3, 0.4) is 0 Å². The van der Waals surface area contributed by atoms with Gasteiger partial charge < -0.3 is 10.4 Å². The molecule has 1 aromatic carbocycles. The Morgan fingerprint density at radius 1 is 1.15 bits per heavy atom. The molecule has 0 atom stereocenters. The predicted octanol–water partition coefficient (Wildman–Crippen LogP) is 2.85. The predicted molar refractivity (Wildman–Crippen MR) is 79.0 cm³/mol. The molecule has 2 aromatic heterocycles. The average Bonchev–Trinajstić information content (AvgIpc) is 2.98. The van der Waals surface area contributed by atoms with Gasteiger partial charge in [-0.25, -0.2) is 0 Å². The third-order valence-electron chi connectivity index (χ3n) is 2.85. The molecule has 0 amide bonds. The fourth-order valence-corrected chi connectivity index (χ4v) is 2.71. The molecule has 2 N–H and O–H groups in total. The van der Waals surface area contributed by atoms with Crippen molar-refractivity contribution in [3.05, 3.63) is 41.8 Å². The van der Waals surface area contributed by atoms with Crippen LogP contribution in [0.15, 0.2) is 41.8 Å². The van der Waals surface area contributed by atoms with Crippen molar-refractivity contribution in [3.8, 4) is 10.6 Å². The van der Waals surface area contributed by atoms with E-state index in [1.54, 1.807) is 11.3 Å². The van der Waals surface area contributed by atoms with Gasteiger partial charge in [0.05, 0.1) is 4.88 Å². The lowest BCUT2D eigenvalue weighted by Gasteiger charge is -2.08. The second kappa shape index (κ2) is 5.26. The molecule has 6 heteroatoms. The normalized spacial score (nSPS) is 10.6. The van der Waals surface area contributed by atoms with Crippen LogP contribution in [0.1, 0.15) is 0 Å². The summed E-state index contributed by atoms with van der Waals surface area (Å²) in [5, 5.41) is 23.7. The molecule has 100 valence electrons. The topological polar surface area (TPSA) is 75.1 Å². The molecule has 0 aliphatic carbocycles. The first kappa shape index (κ1) is 12.6. The summed E-state index contributed by atoms with van der Waals surface area (Å²) in [6.45, 7) is -0.184. The number of thiophene rings is 1. The van der Waals surface area contributed by atoms with Crippen LogP contribution in [0, 0.1) is 0 Å². The molecule has 0 bridgehead atoms. The van der Waals surface area contributed by atoms with Gasteiger partial charge in [0, 0.05) is 10.8 Å². The largest absolute Gasteiger partial charge is 0.480 e. The van der Waals surface area contributed by atoms with E-state index in [-0.39, 0.29) is 6.54 Å². The molecule has 0 saturated heterocycles. The zero-order valence-corrected chi connectivity index (χ0v) is 11.2. The number of benzene rings is 1. The maximum Gasteiger partial charge on any atom is 0.322 e. The minimum atomic E-state index is -0.932. The first-order valence-corrected chi connectivity index (χ1v) is 6.88. The Kier molecular flexibility index (Phi) is 3.30.